The lowest BCUT2D eigenvalue weighted by Crippen LogP contribution is -2.60. The number of rotatable bonds is 5. The van der Waals surface area contributed by atoms with Gasteiger partial charge in [-0.3, -0.25) is 14.5 Å². The summed E-state index contributed by atoms with van der Waals surface area (Å²) < 4.78 is 41.4. The molecule has 10 heteroatoms. The van der Waals surface area contributed by atoms with Gasteiger partial charge in [0, 0.05) is 36.8 Å². The van der Waals surface area contributed by atoms with E-state index < -0.39 is 38.0 Å². The minimum Gasteiger partial charge on any atom is -0.480 e. The molecule has 2 aliphatic heterocycles. The van der Waals surface area contributed by atoms with Crippen LogP contribution >= 0.6 is 0 Å². The van der Waals surface area contributed by atoms with Gasteiger partial charge in [0.25, 0.3) is 0 Å². The average Bonchev–Trinajstić information content (AvgIpc) is 3.03. The Bertz CT molecular complexity index is 1230. The van der Waals surface area contributed by atoms with Gasteiger partial charge < -0.3 is 15.3 Å². The number of carboxylic acids is 1. The van der Waals surface area contributed by atoms with Gasteiger partial charge in [-0.25, -0.2) is 12.8 Å². The first kappa shape index (κ1) is 24.3. The molecule has 2 aromatic carbocycles. The number of fused-ring (bicyclic) bond motifs is 1. The second-order valence-corrected chi connectivity index (χ2v) is 11.5. The van der Waals surface area contributed by atoms with Gasteiger partial charge in [-0.15, -0.1) is 0 Å². The Hall–Kier alpha value is -2.82. The van der Waals surface area contributed by atoms with Crippen LogP contribution in [0.4, 0.5) is 10.1 Å². The zero-order chi connectivity index (χ0) is 24.8. The van der Waals surface area contributed by atoms with Gasteiger partial charge in [0.1, 0.15) is 16.8 Å². The van der Waals surface area contributed by atoms with Gasteiger partial charge >= 0.3 is 5.97 Å². The molecule has 0 spiro atoms. The first-order chi connectivity index (χ1) is 15.9. The van der Waals surface area contributed by atoms with Gasteiger partial charge in [0.15, 0.2) is 0 Å². The number of amides is 1. The number of aliphatic carboxylic acids is 1. The van der Waals surface area contributed by atoms with Crippen LogP contribution in [-0.2, 0) is 24.8 Å². The van der Waals surface area contributed by atoms with E-state index in [1.54, 1.807) is 23.1 Å². The Morgan fingerprint density at radius 1 is 1.21 bits per heavy atom. The van der Waals surface area contributed by atoms with Crippen LogP contribution in [0.5, 0.6) is 0 Å². The number of piperazine rings is 1. The van der Waals surface area contributed by atoms with E-state index >= 15 is 4.39 Å². The van der Waals surface area contributed by atoms with E-state index in [9.17, 15) is 23.1 Å². The first-order valence-corrected chi connectivity index (χ1v) is 12.5. The molecule has 0 bridgehead atoms. The number of halogens is 1. The lowest BCUT2D eigenvalue weighted by Gasteiger charge is -2.37. The molecule has 1 fully saturated rings. The molecule has 2 N–H and O–H groups in total. The number of carbonyl (C=O) groups excluding carboxylic acids is 1. The molecule has 1 amide bonds. The number of benzene rings is 2. The molecule has 4 rings (SSSR count). The molecule has 0 saturated carbocycles. The van der Waals surface area contributed by atoms with Crippen molar-refractivity contribution in [3.8, 4) is 0 Å². The smallest absolute Gasteiger partial charge is 0.322 e. The van der Waals surface area contributed by atoms with Crippen molar-refractivity contribution in [1.29, 1.82) is 0 Å². The molecular weight excluding hydrogens is 461 g/mol. The lowest BCUT2D eigenvalue weighted by molar-refractivity contribution is -0.144. The standard InChI is InChI=1S/C24H28FN3O5S/c1-15-12-27(20(11-26-15)23(30)31)13-22(29)28-14-24(2,3)17-9-18(25)21(10-19(17)28)34(32,33)16-7-5-4-6-8-16/h4-10,15,20,26H,11-14H2,1-3H3,(H,30,31)/t15-,20-/m1/s1. The van der Waals surface area contributed by atoms with Gasteiger partial charge in [0.2, 0.25) is 15.7 Å². The Morgan fingerprint density at radius 3 is 2.53 bits per heavy atom. The molecule has 2 heterocycles. The van der Waals surface area contributed by atoms with Crippen LogP contribution in [0, 0.1) is 5.82 Å². The number of carboxylic acid groups (broad SMARTS) is 1. The molecule has 34 heavy (non-hydrogen) atoms. The molecule has 0 aliphatic carbocycles. The van der Waals surface area contributed by atoms with Crippen LogP contribution in [0.1, 0.15) is 26.3 Å². The molecule has 0 aromatic heterocycles. The van der Waals surface area contributed by atoms with E-state index in [-0.39, 0.29) is 36.5 Å². The SMILES string of the molecule is C[C@@H]1CN(CC(=O)N2CC(C)(C)c3cc(F)c(S(=O)(=O)c4ccccc4)cc32)[C@@H](C(=O)O)CN1. The van der Waals surface area contributed by atoms with E-state index in [1.165, 1.54) is 29.2 Å². The third kappa shape index (κ3) is 4.33. The fourth-order valence-corrected chi connectivity index (χ4v) is 6.04. The summed E-state index contributed by atoms with van der Waals surface area (Å²) in [5.41, 5.74) is 0.263. The van der Waals surface area contributed by atoms with Gasteiger partial charge in [0.05, 0.1) is 11.4 Å². The van der Waals surface area contributed by atoms with E-state index in [2.05, 4.69) is 5.32 Å². The normalized spacial score (nSPS) is 22.4. The minimum atomic E-state index is -4.14. The summed E-state index contributed by atoms with van der Waals surface area (Å²) in [6, 6.07) is 9.18. The Labute approximate surface area is 198 Å². The Kier molecular flexibility index (Phi) is 6.26. The molecule has 0 unspecified atom stereocenters. The maximum atomic E-state index is 15.1. The molecule has 2 atom stereocenters. The van der Waals surface area contributed by atoms with Crippen molar-refractivity contribution in [3.63, 3.8) is 0 Å². The van der Waals surface area contributed by atoms with E-state index in [0.29, 0.717) is 17.8 Å². The number of nitrogens with zero attached hydrogens (tertiary/aromatic N) is 2. The van der Waals surface area contributed by atoms with Gasteiger partial charge in [-0.1, -0.05) is 32.0 Å². The zero-order valence-corrected chi connectivity index (χ0v) is 20.1. The molecule has 2 aliphatic rings. The number of anilines is 1. The summed E-state index contributed by atoms with van der Waals surface area (Å²) in [7, 11) is -4.14. The van der Waals surface area contributed by atoms with Crippen molar-refractivity contribution in [3.05, 3.63) is 53.8 Å². The van der Waals surface area contributed by atoms with Gasteiger partial charge in [-0.05, 0) is 36.8 Å². The summed E-state index contributed by atoms with van der Waals surface area (Å²) in [6.07, 6.45) is 0. The van der Waals surface area contributed by atoms with E-state index in [0.717, 1.165) is 0 Å². The largest absolute Gasteiger partial charge is 0.480 e. The zero-order valence-electron chi connectivity index (χ0n) is 19.3. The average molecular weight is 490 g/mol. The summed E-state index contributed by atoms with van der Waals surface area (Å²) in [4.78, 5) is 27.6. The van der Waals surface area contributed by atoms with Crippen LogP contribution in [0.15, 0.2) is 52.3 Å². The minimum absolute atomic E-state index is 0.0161. The fraction of sp³-hybridized carbons (Fsp3) is 0.417. The number of carbonyl (C=O) groups is 2. The summed E-state index contributed by atoms with van der Waals surface area (Å²) in [5, 5.41) is 12.7. The van der Waals surface area contributed by atoms with Crippen LogP contribution in [0.2, 0.25) is 0 Å². The summed E-state index contributed by atoms with van der Waals surface area (Å²) in [6.45, 7) is 6.31. The van der Waals surface area contributed by atoms with Crippen molar-refractivity contribution < 1.29 is 27.5 Å². The van der Waals surface area contributed by atoms with Crippen LogP contribution in [-0.4, -0.2) is 68.6 Å². The molecule has 2 aromatic rings. The number of hydrogen-bond donors (Lipinski definition) is 2. The quantitative estimate of drug-likeness (QED) is 0.662. The Balaban J connectivity index is 1.71. The van der Waals surface area contributed by atoms with Crippen molar-refractivity contribution in [2.45, 2.75) is 48.1 Å². The number of sulfone groups is 1. The molecular formula is C24H28FN3O5S. The highest BCUT2D eigenvalue weighted by Gasteiger charge is 2.42. The van der Waals surface area contributed by atoms with Crippen LogP contribution in [0.25, 0.3) is 0 Å². The maximum absolute atomic E-state index is 15.1. The van der Waals surface area contributed by atoms with Crippen molar-refractivity contribution in [2.24, 2.45) is 0 Å². The van der Waals surface area contributed by atoms with Crippen LogP contribution in [0.3, 0.4) is 0 Å². The highest BCUT2D eigenvalue weighted by atomic mass is 32.2. The third-order valence-electron chi connectivity index (χ3n) is 6.50. The van der Waals surface area contributed by atoms with Crippen molar-refractivity contribution in [1.82, 2.24) is 10.2 Å². The van der Waals surface area contributed by atoms with Gasteiger partial charge in [-0.2, -0.15) is 0 Å². The van der Waals surface area contributed by atoms with Crippen LogP contribution < -0.4 is 10.2 Å². The third-order valence-corrected chi connectivity index (χ3v) is 8.28. The molecule has 8 nitrogen and oxygen atoms in total. The second kappa shape index (κ2) is 8.75. The monoisotopic (exact) mass is 489 g/mol. The topological polar surface area (TPSA) is 107 Å². The lowest BCUT2D eigenvalue weighted by atomic mass is 9.87. The highest BCUT2D eigenvalue weighted by molar-refractivity contribution is 7.91. The maximum Gasteiger partial charge on any atom is 0.322 e. The van der Waals surface area contributed by atoms with E-state index in [1.807, 2.05) is 20.8 Å². The van der Waals surface area contributed by atoms with E-state index in [4.69, 9.17) is 0 Å². The number of nitrogens with one attached hydrogen (secondary N) is 1. The highest BCUT2D eigenvalue weighted by Crippen LogP contribution is 2.43. The number of hydrogen-bond acceptors (Lipinski definition) is 6. The molecule has 0 radical (unpaired) electrons. The molecule has 182 valence electrons. The van der Waals surface area contributed by atoms with Crippen molar-refractivity contribution in [2.75, 3.05) is 31.1 Å². The Morgan fingerprint density at radius 2 is 1.88 bits per heavy atom. The predicted molar refractivity (Wildman–Crippen MR) is 124 cm³/mol. The second-order valence-electron chi connectivity index (χ2n) is 9.57. The molecule has 1 saturated heterocycles. The summed E-state index contributed by atoms with van der Waals surface area (Å²) in [5.74, 6) is -2.25. The predicted octanol–water partition coefficient (Wildman–Crippen LogP) is 2.03. The summed E-state index contributed by atoms with van der Waals surface area (Å²) >= 11 is 0. The fourth-order valence-electron chi connectivity index (χ4n) is 4.69. The van der Waals surface area contributed by atoms with Crippen molar-refractivity contribution >= 4 is 27.4 Å². The first-order valence-electron chi connectivity index (χ1n) is 11.1.